The van der Waals surface area contributed by atoms with E-state index in [0.717, 1.165) is 0 Å². The van der Waals surface area contributed by atoms with Gasteiger partial charge in [0.25, 0.3) is 0 Å². The van der Waals surface area contributed by atoms with Gasteiger partial charge in [-0.1, -0.05) is 97.1 Å². The highest BCUT2D eigenvalue weighted by atomic mass is 15.0. The molecule has 0 atom stereocenters. The summed E-state index contributed by atoms with van der Waals surface area (Å²) in [5.74, 6) is 0. The van der Waals surface area contributed by atoms with Crippen molar-refractivity contribution in [2.24, 2.45) is 7.05 Å². The molecule has 0 bridgehead atoms. The fourth-order valence-corrected chi connectivity index (χ4v) is 6.31. The molecule has 2 heterocycles. The van der Waals surface area contributed by atoms with Crippen LogP contribution in [0.3, 0.4) is 0 Å². The Hall–Kier alpha value is -4.82. The smallest absolute Gasteiger partial charge is 0.0627 e. The van der Waals surface area contributed by atoms with Gasteiger partial charge in [0.05, 0.1) is 16.6 Å². The largest absolute Gasteiger partial charge is 0.343 e. The van der Waals surface area contributed by atoms with E-state index in [1.807, 2.05) is 0 Å². The maximum Gasteiger partial charge on any atom is 0.0627 e. The van der Waals surface area contributed by atoms with Gasteiger partial charge >= 0.3 is 0 Å². The van der Waals surface area contributed by atoms with Crippen molar-refractivity contribution in [3.05, 3.63) is 127 Å². The van der Waals surface area contributed by atoms with Crippen LogP contribution in [-0.4, -0.2) is 9.13 Å². The van der Waals surface area contributed by atoms with E-state index in [4.69, 9.17) is 0 Å². The van der Waals surface area contributed by atoms with E-state index in [2.05, 4.69) is 144 Å². The zero-order chi connectivity index (χ0) is 24.5. The van der Waals surface area contributed by atoms with Crippen LogP contribution in [0.2, 0.25) is 0 Å². The molecule has 0 aliphatic rings. The van der Waals surface area contributed by atoms with Crippen molar-refractivity contribution < 1.29 is 0 Å². The van der Waals surface area contributed by atoms with E-state index >= 15 is 0 Å². The minimum Gasteiger partial charge on any atom is -0.343 e. The quantitative estimate of drug-likeness (QED) is 0.237. The summed E-state index contributed by atoms with van der Waals surface area (Å²) in [4.78, 5) is 0. The van der Waals surface area contributed by atoms with Crippen LogP contribution in [-0.2, 0) is 7.05 Å². The molecule has 0 aliphatic heterocycles. The van der Waals surface area contributed by atoms with Gasteiger partial charge in [-0.2, -0.15) is 0 Å². The maximum atomic E-state index is 2.46. The number of hydrogen-bond donors (Lipinski definition) is 0. The number of nitrogens with zero attached hydrogens (tertiary/aromatic N) is 2. The first-order chi connectivity index (χ1) is 18.3. The predicted molar refractivity (Wildman–Crippen MR) is 158 cm³/mol. The lowest BCUT2D eigenvalue weighted by molar-refractivity contribution is 1.02. The van der Waals surface area contributed by atoms with Gasteiger partial charge in [-0.3, -0.25) is 0 Å². The second kappa shape index (κ2) is 7.59. The average Bonchev–Trinajstić information content (AvgIpc) is 3.46. The summed E-state index contributed by atoms with van der Waals surface area (Å²) in [6.45, 7) is 0. The number of fused-ring (bicyclic) bond motifs is 10. The molecule has 0 N–H and O–H groups in total. The highest BCUT2D eigenvalue weighted by Gasteiger charge is 2.22. The highest BCUT2D eigenvalue weighted by Crippen LogP contribution is 2.46. The average molecular weight is 473 g/mol. The lowest BCUT2D eigenvalue weighted by Gasteiger charge is -2.11. The van der Waals surface area contributed by atoms with Crippen LogP contribution in [0.15, 0.2) is 127 Å². The zero-order valence-corrected chi connectivity index (χ0v) is 20.5. The maximum absolute atomic E-state index is 2.46. The molecule has 0 saturated heterocycles. The van der Waals surface area contributed by atoms with Gasteiger partial charge in [-0.25, -0.2) is 0 Å². The minimum absolute atomic E-state index is 1.18. The Bertz CT molecular complexity index is 2130. The Morgan fingerprint density at radius 1 is 0.432 bits per heavy atom. The van der Waals surface area contributed by atoms with E-state index in [0.29, 0.717) is 0 Å². The standard InChI is InChI=1S/C35H24N2/c1-36-30-19-11-10-18-28(30)32-33-29-22-24(23-12-4-2-5-13-23)20-21-31(29)37(25-14-6-3-7-15-25)35(33)27-17-9-8-16-26(27)34(32)36/h2-22H,1H3. The van der Waals surface area contributed by atoms with Gasteiger partial charge in [0.1, 0.15) is 0 Å². The molecule has 8 aromatic rings. The molecule has 0 unspecified atom stereocenters. The molecule has 2 nitrogen and oxygen atoms in total. The summed E-state index contributed by atoms with van der Waals surface area (Å²) in [6.07, 6.45) is 0. The number of benzene rings is 6. The molecule has 0 aliphatic carbocycles. The first-order valence-electron chi connectivity index (χ1n) is 12.8. The predicted octanol–water partition coefficient (Wildman–Crippen LogP) is 9.25. The number of hydrogen-bond acceptors (Lipinski definition) is 0. The third-order valence-corrected chi connectivity index (χ3v) is 7.88. The summed E-state index contributed by atoms with van der Waals surface area (Å²) in [6, 6.07) is 46.1. The molecule has 0 fully saturated rings. The van der Waals surface area contributed by atoms with Crippen molar-refractivity contribution in [3.63, 3.8) is 0 Å². The fourth-order valence-electron chi connectivity index (χ4n) is 6.31. The molecule has 2 heteroatoms. The summed E-state index contributed by atoms with van der Waals surface area (Å²) in [7, 11) is 2.20. The Balaban J connectivity index is 1.70. The first kappa shape index (κ1) is 20.4. The van der Waals surface area contributed by atoms with E-state index in [-0.39, 0.29) is 0 Å². The fraction of sp³-hybridized carbons (Fsp3) is 0.0286. The van der Waals surface area contributed by atoms with E-state index in [1.54, 1.807) is 0 Å². The minimum atomic E-state index is 1.18. The third kappa shape index (κ3) is 2.75. The van der Waals surface area contributed by atoms with Gasteiger partial charge in [0, 0.05) is 50.6 Å². The first-order valence-corrected chi connectivity index (χ1v) is 12.8. The van der Waals surface area contributed by atoms with E-state index < -0.39 is 0 Å². The number of aryl methyl sites for hydroxylation is 1. The van der Waals surface area contributed by atoms with Crippen molar-refractivity contribution in [1.82, 2.24) is 9.13 Å². The Morgan fingerprint density at radius 3 is 1.78 bits per heavy atom. The Kier molecular flexibility index (Phi) is 4.18. The van der Waals surface area contributed by atoms with Crippen molar-refractivity contribution in [2.75, 3.05) is 0 Å². The summed E-state index contributed by atoms with van der Waals surface area (Å²) in [5.41, 5.74) is 8.70. The second-order valence-corrected chi connectivity index (χ2v) is 9.84. The number of para-hydroxylation sites is 2. The molecule has 37 heavy (non-hydrogen) atoms. The second-order valence-electron chi connectivity index (χ2n) is 9.84. The zero-order valence-electron chi connectivity index (χ0n) is 20.5. The highest BCUT2D eigenvalue weighted by molar-refractivity contribution is 6.37. The molecular weight excluding hydrogens is 448 g/mol. The molecule has 174 valence electrons. The lowest BCUT2D eigenvalue weighted by atomic mass is 9.97. The summed E-state index contributed by atoms with van der Waals surface area (Å²) < 4.78 is 4.84. The Labute approximate surface area is 214 Å². The molecule has 8 rings (SSSR count). The molecule has 0 amide bonds. The van der Waals surface area contributed by atoms with Gasteiger partial charge in [0.15, 0.2) is 0 Å². The van der Waals surface area contributed by atoms with Crippen LogP contribution in [0.4, 0.5) is 0 Å². The molecule has 0 saturated carbocycles. The third-order valence-electron chi connectivity index (χ3n) is 7.88. The molecular formula is C35H24N2. The molecule has 6 aromatic carbocycles. The van der Waals surface area contributed by atoms with Gasteiger partial charge in [0.2, 0.25) is 0 Å². The van der Waals surface area contributed by atoms with Crippen molar-refractivity contribution in [1.29, 1.82) is 0 Å². The SMILES string of the molecule is Cn1c2ccccc2c2c3c4cc(-c5ccccc5)ccc4n(-c4ccccc4)c3c3ccccc3c21. The van der Waals surface area contributed by atoms with Crippen LogP contribution in [0.1, 0.15) is 0 Å². The normalized spacial score (nSPS) is 11.9. The molecule has 0 spiro atoms. The van der Waals surface area contributed by atoms with Gasteiger partial charge in [-0.15, -0.1) is 0 Å². The molecule has 2 aromatic heterocycles. The van der Waals surface area contributed by atoms with E-state index in [1.165, 1.54) is 71.2 Å². The Morgan fingerprint density at radius 2 is 1.03 bits per heavy atom. The van der Waals surface area contributed by atoms with Crippen molar-refractivity contribution >= 4 is 54.4 Å². The van der Waals surface area contributed by atoms with Crippen LogP contribution < -0.4 is 0 Å². The number of aromatic nitrogens is 2. The van der Waals surface area contributed by atoms with E-state index in [9.17, 15) is 0 Å². The topological polar surface area (TPSA) is 9.86 Å². The summed E-state index contributed by atoms with van der Waals surface area (Å²) >= 11 is 0. The molecule has 0 radical (unpaired) electrons. The lowest BCUT2D eigenvalue weighted by Crippen LogP contribution is -1.95. The van der Waals surface area contributed by atoms with Gasteiger partial charge in [-0.05, 0) is 41.5 Å². The van der Waals surface area contributed by atoms with Crippen LogP contribution in [0.25, 0.3) is 71.2 Å². The van der Waals surface area contributed by atoms with Crippen molar-refractivity contribution in [3.8, 4) is 16.8 Å². The van der Waals surface area contributed by atoms with Gasteiger partial charge < -0.3 is 9.13 Å². The van der Waals surface area contributed by atoms with Crippen LogP contribution in [0.5, 0.6) is 0 Å². The van der Waals surface area contributed by atoms with Crippen LogP contribution >= 0.6 is 0 Å². The van der Waals surface area contributed by atoms with Crippen LogP contribution in [0, 0.1) is 0 Å². The monoisotopic (exact) mass is 472 g/mol. The number of rotatable bonds is 2. The summed E-state index contributed by atoms with van der Waals surface area (Å²) in [5, 5.41) is 7.79. The van der Waals surface area contributed by atoms with Crippen molar-refractivity contribution in [2.45, 2.75) is 0 Å².